The Morgan fingerprint density at radius 1 is 1.15 bits per heavy atom. The van der Waals surface area contributed by atoms with Crippen LogP contribution >= 0.6 is 11.3 Å². The number of carbonyl (C=O) groups is 2. The number of amides is 2. The van der Waals surface area contributed by atoms with Crippen LogP contribution < -0.4 is 4.90 Å². The van der Waals surface area contributed by atoms with Crippen LogP contribution in [0.3, 0.4) is 0 Å². The van der Waals surface area contributed by atoms with E-state index in [1.165, 1.54) is 17.6 Å². The first-order valence-corrected chi connectivity index (χ1v) is 11.7. The zero-order valence-corrected chi connectivity index (χ0v) is 18.7. The molecule has 1 aliphatic rings. The summed E-state index contributed by atoms with van der Waals surface area (Å²) in [5.74, 6) is 0.686. The van der Waals surface area contributed by atoms with Crippen LogP contribution in [0.15, 0.2) is 69.1 Å². The van der Waals surface area contributed by atoms with Gasteiger partial charge in [-0.15, -0.1) is 11.3 Å². The Labute approximate surface area is 194 Å². The molecule has 5 rings (SSSR count). The van der Waals surface area contributed by atoms with Crippen molar-refractivity contribution in [3.63, 3.8) is 0 Å². The fraction of sp³-hybridized carbons (Fsp3) is 0.250. The standard InChI is InChI=1S/C24H22N4O4S/c29-22-10-4-11-27(22)12-6-13-28(23(30)20-9-5-14-31-20)24-25-19(16-33-24)21-15-18(26-32-21)17-7-2-1-3-8-17/h1-3,5,7-9,14-16H,4,6,10-13H2. The average molecular weight is 463 g/mol. The summed E-state index contributed by atoms with van der Waals surface area (Å²) in [6, 6.07) is 14.9. The molecule has 33 heavy (non-hydrogen) atoms. The SMILES string of the molecule is O=C1CCCN1CCCN(C(=O)c1ccco1)c1nc(-c2cc(-c3ccccc3)no2)cs1. The molecule has 1 aliphatic heterocycles. The Kier molecular flexibility index (Phi) is 6.03. The smallest absolute Gasteiger partial charge is 0.295 e. The first-order valence-electron chi connectivity index (χ1n) is 10.8. The molecule has 0 atom stereocenters. The summed E-state index contributed by atoms with van der Waals surface area (Å²) in [6.07, 6.45) is 3.62. The minimum atomic E-state index is -0.267. The van der Waals surface area contributed by atoms with E-state index < -0.39 is 0 Å². The van der Waals surface area contributed by atoms with Crippen molar-refractivity contribution in [3.8, 4) is 22.7 Å². The van der Waals surface area contributed by atoms with Crippen LogP contribution in [0.5, 0.6) is 0 Å². The Hall–Kier alpha value is -3.72. The lowest BCUT2D eigenvalue weighted by Crippen LogP contribution is -2.34. The van der Waals surface area contributed by atoms with E-state index in [1.54, 1.807) is 17.0 Å². The quantitative estimate of drug-likeness (QED) is 0.376. The van der Waals surface area contributed by atoms with Crippen molar-refractivity contribution in [1.82, 2.24) is 15.0 Å². The van der Waals surface area contributed by atoms with Crippen LogP contribution in [-0.4, -0.2) is 46.5 Å². The van der Waals surface area contributed by atoms with Gasteiger partial charge in [-0.05, 0) is 25.0 Å². The Morgan fingerprint density at radius 2 is 2.03 bits per heavy atom. The molecule has 168 valence electrons. The molecule has 4 aromatic rings. The van der Waals surface area contributed by atoms with E-state index in [4.69, 9.17) is 8.94 Å². The number of carbonyl (C=O) groups excluding carboxylic acids is 2. The van der Waals surface area contributed by atoms with Gasteiger partial charge >= 0.3 is 0 Å². The monoisotopic (exact) mass is 462 g/mol. The largest absolute Gasteiger partial charge is 0.459 e. The molecule has 0 aliphatic carbocycles. The Bertz CT molecular complexity index is 1230. The van der Waals surface area contributed by atoms with E-state index in [1.807, 2.05) is 46.7 Å². The first kappa shape index (κ1) is 21.1. The van der Waals surface area contributed by atoms with Gasteiger partial charge in [-0.25, -0.2) is 4.98 Å². The summed E-state index contributed by atoms with van der Waals surface area (Å²) in [5, 5.41) is 6.53. The number of aromatic nitrogens is 2. The molecule has 0 spiro atoms. The number of likely N-dealkylation sites (tertiary alicyclic amines) is 1. The highest BCUT2D eigenvalue weighted by atomic mass is 32.1. The van der Waals surface area contributed by atoms with Crippen LogP contribution in [0.25, 0.3) is 22.7 Å². The van der Waals surface area contributed by atoms with Crippen LogP contribution in [0.2, 0.25) is 0 Å². The van der Waals surface area contributed by atoms with Crippen LogP contribution in [0.1, 0.15) is 29.8 Å². The van der Waals surface area contributed by atoms with Crippen molar-refractivity contribution in [3.05, 3.63) is 65.9 Å². The third-order valence-electron chi connectivity index (χ3n) is 5.51. The zero-order chi connectivity index (χ0) is 22.6. The Balaban J connectivity index is 1.35. The average Bonchev–Trinajstić information content (AvgIpc) is 3.64. The fourth-order valence-electron chi connectivity index (χ4n) is 3.82. The van der Waals surface area contributed by atoms with Gasteiger partial charge in [0.2, 0.25) is 5.91 Å². The molecule has 1 aromatic carbocycles. The third kappa shape index (κ3) is 4.58. The molecule has 2 amide bonds. The van der Waals surface area contributed by atoms with Crippen molar-refractivity contribution >= 4 is 28.3 Å². The molecule has 8 nitrogen and oxygen atoms in total. The van der Waals surface area contributed by atoms with E-state index in [2.05, 4.69) is 10.1 Å². The van der Waals surface area contributed by atoms with Crippen molar-refractivity contribution in [2.24, 2.45) is 0 Å². The molecular formula is C24H22N4O4S. The summed E-state index contributed by atoms with van der Waals surface area (Å²) >= 11 is 1.35. The van der Waals surface area contributed by atoms with E-state index >= 15 is 0 Å². The van der Waals surface area contributed by atoms with Crippen molar-refractivity contribution in [2.75, 3.05) is 24.5 Å². The predicted octanol–water partition coefficient (Wildman–Crippen LogP) is 4.72. The summed E-state index contributed by atoms with van der Waals surface area (Å²) < 4.78 is 10.9. The maximum absolute atomic E-state index is 13.1. The number of thiazole rings is 1. The van der Waals surface area contributed by atoms with E-state index in [0.29, 0.717) is 42.5 Å². The lowest BCUT2D eigenvalue weighted by molar-refractivity contribution is -0.127. The molecule has 9 heteroatoms. The maximum Gasteiger partial charge on any atom is 0.295 e. The van der Waals surface area contributed by atoms with Gasteiger partial charge in [0.15, 0.2) is 16.7 Å². The minimum Gasteiger partial charge on any atom is -0.459 e. The number of hydrogen-bond donors (Lipinski definition) is 0. The zero-order valence-electron chi connectivity index (χ0n) is 17.8. The third-order valence-corrected chi connectivity index (χ3v) is 6.38. The molecule has 1 saturated heterocycles. The van der Waals surface area contributed by atoms with Gasteiger partial charge in [-0.1, -0.05) is 35.5 Å². The number of nitrogens with zero attached hydrogens (tertiary/aromatic N) is 4. The summed E-state index contributed by atoms with van der Waals surface area (Å²) in [4.78, 5) is 33.1. The molecule has 4 heterocycles. The fourth-order valence-corrected chi connectivity index (χ4v) is 4.66. The van der Waals surface area contributed by atoms with Gasteiger partial charge in [-0.2, -0.15) is 0 Å². The van der Waals surface area contributed by atoms with Gasteiger partial charge in [0.05, 0.1) is 6.26 Å². The topological polar surface area (TPSA) is 92.7 Å². The van der Waals surface area contributed by atoms with Crippen molar-refractivity contribution in [2.45, 2.75) is 19.3 Å². The summed E-state index contributed by atoms with van der Waals surface area (Å²) in [6.45, 7) is 1.81. The lowest BCUT2D eigenvalue weighted by Gasteiger charge is -2.21. The van der Waals surface area contributed by atoms with Gasteiger partial charge in [0.1, 0.15) is 11.4 Å². The van der Waals surface area contributed by atoms with Gasteiger partial charge in [-0.3, -0.25) is 14.5 Å². The van der Waals surface area contributed by atoms with E-state index in [-0.39, 0.29) is 17.6 Å². The van der Waals surface area contributed by atoms with Gasteiger partial charge in [0.25, 0.3) is 5.91 Å². The summed E-state index contributed by atoms with van der Waals surface area (Å²) in [5.41, 5.74) is 2.28. The molecule has 0 bridgehead atoms. The van der Waals surface area contributed by atoms with Crippen LogP contribution in [0, 0.1) is 0 Å². The lowest BCUT2D eigenvalue weighted by atomic mass is 10.1. The predicted molar refractivity (Wildman–Crippen MR) is 124 cm³/mol. The summed E-state index contributed by atoms with van der Waals surface area (Å²) in [7, 11) is 0. The molecule has 0 radical (unpaired) electrons. The van der Waals surface area contributed by atoms with Gasteiger partial charge in [0, 0.05) is 43.1 Å². The second-order valence-corrected chi connectivity index (χ2v) is 8.57. The van der Waals surface area contributed by atoms with Gasteiger partial charge < -0.3 is 13.8 Å². The molecule has 0 saturated carbocycles. The molecule has 0 unspecified atom stereocenters. The van der Waals surface area contributed by atoms with Crippen LogP contribution in [-0.2, 0) is 4.79 Å². The molecular weight excluding hydrogens is 440 g/mol. The number of furan rings is 1. The van der Waals surface area contributed by atoms with Crippen molar-refractivity contribution in [1.29, 1.82) is 0 Å². The van der Waals surface area contributed by atoms with E-state index in [9.17, 15) is 9.59 Å². The minimum absolute atomic E-state index is 0.176. The Morgan fingerprint density at radius 3 is 2.79 bits per heavy atom. The highest BCUT2D eigenvalue weighted by Gasteiger charge is 2.25. The number of hydrogen-bond acceptors (Lipinski definition) is 7. The molecule has 1 fully saturated rings. The van der Waals surface area contributed by atoms with Crippen LogP contribution in [0.4, 0.5) is 5.13 Å². The van der Waals surface area contributed by atoms with E-state index in [0.717, 1.165) is 24.2 Å². The highest BCUT2D eigenvalue weighted by Crippen LogP contribution is 2.31. The molecule has 3 aromatic heterocycles. The number of rotatable bonds is 8. The van der Waals surface area contributed by atoms with Crippen molar-refractivity contribution < 1.29 is 18.5 Å². The second-order valence-electron chi connectivity index (χ2n) is 7.73. The number of benzene rings is 1. The highest BCUT2D eigenvalue weighted by molar-refractivity contribution is 7.14. The first-order chi connectivity index (χ1) is 16.2. The maximum atomic E-state index is 13.1. The molecule has 0 N–H and O–H groups in total. The second kappa shape index (κ2) is 9.41. The normalized spacial score (nSPS) is 13.6. The number of anilines is 1.